The molecule has 0 aromatic carbocycles. The van der Waals surface area contributed by atoms with Crippen molar-refractivity contribution in [3.63, 3.8) is 0 Å². The molecule has 0 heteroatoms. The molecule has 2 bridgehead atoms. The van der Waals surface area contributed by atoms with Crippen molar-refractivity contribution in [3.8, 4) is 0 Å². The van der Waals surface area contributed by atoms with E-state index in [1.807, 2.05) is 5.57 Å². The van der Waals surface area contributed by atoms with E-state index in [-0.39, 0.29) is 0 Å². The number of fused-ring (bicyclic) bond motifs is 2. The third-order valence-corrected chi connectivity index (χ3v) is 3.69. The minimum absolute atomic E-state index is 0.888. The fourth-order valence-electron chi connectivity index (χ4n) is 2.95. The summed E-state index contributed by atoms with van der Waals surface area (Å²) in [7, 11) is 0. The Labute approximate surface area is 82.4 Å². The predicted octanol–water partition coefficient (Wildman–Crippen LogP) is 4.17. The van der Waals surface area contributed by atoms with Crippen LogP contribution in [0.4, 0.5) is 0 Å². The van der Waals surface area contributed by atoms with Crippen LogP contribution in [0, 0.1) is 17.8 Å². The first-order valence-corrected chi connectivity index (χ1v) is 5.96. The van der Waals surface area contributed by atoms with Crippen LogP contribution in [-0.4, -0.2) is 0 Å². The van der Waals surface area contributed by atoms with Gasteiger partial charge in [0.05, 0.1) is 0 Å². The molecule has 2 unspecified atom stereocenters. The molecule has 74 valence electrons. The Balaban J connectivity index is 1.74. The minimum Gasteiger partial charge on any atom is -0.0819 e. The largest absolute Gasteiger partial charge is 0.0819 e. The van der Waals surface area contributed by atoms with E-state index in [0.29, 0.717) is 0 Å². The number of hydrogen-bond acceptors (Lipinski definition) is 0. The lowest BCUT2D eigenvalue weighted by atomic mass is 9.93. The first-order valence-electron chi connectivity index (χ1n) is 5.96. The summed E-state index contributed by atoms with van der Waals surface area (Å²) in [6.07, 6.45) is 11.3. The highest BCUT2D eigenvalue weighted by molar-refractivity contribution is 5.19. The number of rotatable bonds is 4. The van der Waals surface area contributed by atoms with Gasteiger partial charge in [-0.2, -0.15) is 0 Å². The van der Waals surface area contributed by atoms with Gasteiger partial charge in [0.1, 0.15) is 0 Å². The molecule has 2 aliphatic rings. The molecule has 0 aromatic rings. The first-order chi connectivity index (χ1) is 6.25. The van der Waals surface area contributed by atoms with Gasteiger partial charge < -0.3 is 0 Å². The Bertz CT molecular complexity index is 200. The van der Waals surface area contributed by atoms with Crippen molar-refractivity contribution < 1.29 is 0 Å². The van der Waals surface area contributed by atoms with E-state index < -0.39 is 0 Å². The van der Waals surface area contributed by atoms with Crippen LogP contribution >= 0.6 is 0 Å². The van der Waals surface area contributed by atoms with Gasteiger partial charge >= 0.3 is 0 Å². The molecule has 1 saturated carbocycles. The van der Waals surface area contributed by atoms with E-state index in [1.165, 1.54) is 38.5 Å². The molecule has 0 amide bonds. The summed E-state index contributed by atoms with van der Waals surface area (Å²) in [5.74, 6) is 2.88. The zero-order chi connectivity index (χ0) is 9.26. The minimum atomic E-state index is 0.888. The van der Waals surface area contributed by atoms with Gasteiger partial charge in [0, 0.05) is 0 Å². The monoisotopic (exact) mass is 178 g/mol. The van der Waals surface area contributed by atoms with Crippen LogP contribution in [0.1, 0.15) is 52.4 Å². The van der Waals surface area contributed by atoms with E-state index in [4.69, 9.17) is 0 Å². The lowest BCUT2D eigenvalue weighted by Gasteiger charge is -2.13. The summed E-state index contributed by atoms with van der Waals surface area (Å²) in [6.45, 7) is 4.66. The van der Waals surface area contributed by atoms with Crippen molar-refractivity contribution in [2.45, 2.75) is 52.4 Å². The molecule has 2 aliphatic carbocycles. The zero-order valence-electron chi connectivity index (χ0n) is 9.05. The van der Waals surface area contributed by atoms with E-state index in [1.54, 1.807) is 0 Å². The van der Waals surface area contributed by atoms with Crippen molar-refractivity contribution in [1.29, 1.82) is 0 Å². The molecule has 2 rings (SSSR count). The maximum absolute atomic E-state index is 2.59. The smallest absolute Gasteiger partial charge is 0.0197 e. The van der Waals surface area contributed by atoms with Gasteiger partial charge in [-0.05, 0) is 49.9 Å². The van der Waals surface area contributed by atoms with Crippen molar-refractivity contribution in [3.05, 3.63) is 11.6 Å². The summed E-state index contributed by atoms with van der Waals surface area (Å²) in [5.41, 5.74) is 1.82. The second kappa shape index (κ2) is 3.86. The molecule has 0 aliphatic heterocycles. The SMILES string of the molecule is CC(C)CCCC1=CC2CCC1C2. The molecule has 1 fully saturated rings. The molecular formula is C13H22. The number of hydrogen-bond donors (Lipinski definition) is 0. The highest BCUT2D eigenvalue weighted by atomic mass is 14.4. The topological polar surface area (TPSA) is 0 Å². The molecule has 13 heavy (non-hydrogen) atoms. The van der Waals surface area contributed by atoms with Crippen LogP contribution in [0.25, 0.3) is 0 Å². The van der Waals surface area contributed by atoms with Gasteiger partial charge in [0.15, 0.2) is 0 Å². The van der Waals surface area contributed by atoms with Gasteiger partial charge in [0.25, 0.3) is 0 Å². The molecule has 0 radical (unpaired) electrons. The van der Waals surface area contributed by atoms with Crippen molar-refractivity contribution in [2.75, 3.05) is 0 Å². The van der Waals surface area contributed by atoms with Crippen LogP contribution in [0.5, 0.6) is 0 Å². The maximum Gasteiger partial charge on any atom is -0.0197 e. The molecule has 0 saturated heterocycles. The zero-order valence-corrected chi connectivity index (χ0v) is 9.05. The van der Waals surface area contributed by atoms with Gasteiger partial charge in [-0.25, -0.2) is 0 Å². The molecule has 0 N–H and O–H groups in total. The summed E-state index contributed by atoms with van der Waals surface area (Å²) < 4.78 is 0. The molecule has 0 nitrogen and oxygen atoms in total. The lowest BCUT2D eigenvalue weighted by molar-refractivity contribution is 0.532. The standard InChI is InChI=1S/C13H22/c1-10(2)4-3-5-12-8-11-6-7-13(12)9-11/h8,10-11,13H,3-7,9H2,1-2H3. The maximum atomic E-state index is 2.59. The van der Waals surface area contributed by atoms with Crippen molar-refractivity contribution >= 4 is 0 Å². The van der Waals surface area contributed by atoms with Crippen LogP contribution in [0.3, 0.4) is 0 Å². The average molecular weight is 178 g/mol. The highest BCUT2D eigenvalue weighted by Crippen LogP contribution is 2.45. The molecule has 0 spiro atoms. The highest BCUT2D eigenvalue weighted by Gasteiger charge is 2.31. The average Bonchev–Trinajstić information content (AvgIpc) is 2.64. The quantitative estimate of drug-likeness (QED) is 0.567. The van der Waals surface area contributed by atoms with E-state index in [2.05, 4.69) is 19.9 Å². The van der Waals surface area contributed by atoms with Gasteiger partial charge in [-0.15, -0.1) is 0 Å². The Hall–Kier alpha value is -0.260. The normalized spacial score (nSPS) is 31.5. The molecular weight excluding hydrogens is 156 g/mol. The van der Waals surface area contributed by atoms with Crippen LogP contribution in [0.15, 0.2) is 11.6 Å². The summed E-state index contributed by atoms with van der Waals surface area (Å²) in [4.78, 5) is 0. The molecule has 0 heterocycles. The van der Waals surface area contributed by atoms with Gasteiger partial charge in [0.2, 0.25) is 0 Å². The van der Waals surface area contributed by atoms with Crippen molar-refractivity contribution in [1.82, 2.24) is 0 Å². The second-order valence-electron chi connectivity index (χ2n) is 5.30. The van der Waals surface area contributed by atoms with E-state index >= 15 is 0 Å². The van der Waals surface area contributed by atoms with Gasteiger partial charge in [-0.3, -0.25) is 0 Å². The molecule has 2 atom stereocenters. The summed E-state index contributed by atoms with van der Waals surface area (Å²) in [5, 5.41) is 0. The van der Waals surface area contributed by atoms with Crippen LogP contribution in [-0.2, 0) is 0 Å². The first kappa shape index (κ1) is 9.30. The van der Waals surface area contributed by atoms with Crippen molar-refractivity contribution in [2.24, 2.45) is 17.8 Å². The fourth-order valence-corrected chi connectivity index (χ4v) is 2.95. The lowest BCUT2D eigenvalue weighted by Crippen LogP contribution is -1.98. The number of allylic oxidation sites excluding steroid dienone is 2. The van der Waals surface area contributed by atoms with E-state index in [0.717, 1.165) is 17.8 Å². The van der Waals surface area contributed by atoms with Crippen LogP contribution < -0.4 is 0 Å². The Morgan fingerprint density at radius 1 is 1.38 bits per heavy atom. The third-order valence-electron chi connectivity index (χ3n) is 3.69. The Morgan fingerprint density at radius 2 is 2.23 bits per heavy atom. The fraction of sp³-hybridized carbons (Fsp3) is 0.846. The molecule has 0 aromatic heterocycles. The third kappa shape index (κ3) is 2.15. The van der Waals surface area contributed by atoms with Crippen LogP contribution in [0.2, 0.25) is 0 Å². The summed E-state index contributed by atoms with van der Waals surface area (Å²) >= 11 is 0. The Kier molecular flexibility index (Phi) is 2.76. The Morgan fingerprint density at radius 3 is 2.77 bits per heavy atom. The second-order valence-corrected chi connectivity index (χ2v) is 5.30. The van der Waals surface area contributed by atoms with Gasteiger partial charge in [-0.1, -0.05) is 31.9 Å². The summed E-state index contributed by atoms with van der Waals surface area (Å²) in [6, 6.07) is 0. The van der Waals surface area contributed by atoms with E-state index in [9.17, 15) is 0 Å². The predicted molar refractivity (Wildman–Crippen MR) is 57.6 cm³/mol.